The van der Waals surface area contributed by atoms with Crippen LogP contribution >= 0.6 is 0 Å². The number of aliphatic carboxylic acids is 11. The van der Waals surface area contributed by atoms with Crippen LogP contribution in [0.2, 0.25) is 0 Å². The summed E-state index contributed by atoms with van der Waals surface area (Å²) < 4.78 is 0. The molecule has 0 unspecified atom stereocenters. The second-order valence-electron chi connectivity index (χ2n) is 32.7. The first-order chi connectivity index (χ1) is 62.6. The van der Waals surface area contributed by atoms with Crippen LogP contribution in [-0.4, -0.2) is 620 Å². The summed E-state index contributed by atoms with van der Waals surface area (Å²) in [5.41, 5.74) is -1.85. The SMILES string of the molecule is O=CCN1CCN(CC(=O)O)CCN(CC(=O)NCC(=O)NCC(CNC(=O)CNC(=O)CN2CCN(CC(=O)O)CCN(CC(=O)O)CCN(CC(=O)O)CC2)(CNC(=O)CNC(=O)CN2CCN(CC(=O)O)CCN(CC(=O)O)CCN(CC(=O)O)CC2)CNC(=O)CNC(=O)CN2CCN(CC(=O)O)CCN(CC(=O)O)CCN(CC(=O)O)CC2)CCN(CC(=O)O)CC1. The average molecular weight is 1890 g/mol. The third-order valence-corrected chi connectivity index (χ3v) is 21.9. The van der Waals surface area contributed by atoms with E-state index < -0.39 is 269 Å². The number of hydrogen-bond acceptors (Lipinski definition) is 36. The molecule has 0 atom stereocenters. The number of nitrogens with one attached hydrogen (secondary N) is 8. The maximum absolute atomic E-state index is 14.3. The third kappa shape index (κ3) is 53.5. The second-order valence-corrected chi connectivity index (χ2v) is 32.7. The summed E-state index contributed by atoms with van der Waals surface area (Å²) in [7, 11) is 0. The van der Waals surface area contributed by atoms with Crippen LogP contribution < -0.4 is 42.5 Å². The zero-order chi connectivity index (χ0) is 97.7. The minimum Gasteiger partial charge on any atom is -0.480 e. The highest BCUT2D eigenvalue weighted by Gasteiger charge is 2.35. The highest BCUT2D eigenvalue weighted by atomic mass is 16.4. The van der Waals surface area contributed by atoms with E-state index in [1.165, 1.54) is 44.1 Å². The lowest BCUT2D eigenvalue weighted by atomic mass is 9.86. The van der Waals surface area contributed by atoms with Gasteiger partial charge in [-0.25, -0.2) is 0 Å². The van der Waals surface area contributed by atoms with E-state index in [0.717, 1.165) is 0 Å². The first-order valence-electron chi connectivity index (χ1n) is 43.1. The first-order valence-corrected chi connectivity index (χ1v) is 43.1. The van der Waals surface area contributed by atoms with Crippen LogP contribution in [-0.2, 0) is 95.9 Å². The molecule has 55 nitrogen and oxygen atoms in total. The molecule has 4 fully saturated rings. The number of nitrogens with zero attached hydrogens (tertiary/aromatic N) is 16. The molecular formula is C77H132N24O31. The fraction of sp³-hybridized carbons (Fsp3) is 0.740. The lowest BCUT2D eigenvalue weighted by Crippen LogP contribution is -2.59. The van der Waals surface area contributed by atoms with Crippen molar-refractivity contribution < 1.29 is 152 Å². The molecule has 746 valence electrons. The summed E-state index contributed by atoms with van der Waals surface area (Å²) in [5, 5.41) is 128. The van der Waals surface area contributed by atoms with Gasteiger partial charge in [0.25, 0.3) is 0 Å². The molecule has 0 saturated carbocycles. The number of hydrogen-bond donors (Lipinski definition) is 19. The van der Waals surface area contributed by atoms with Gasteiger partial charge >= 0.3 is 65.7 Å². The molecule has 0 bridgehead atoms. The lowest BCUT2D eigenvalue weighted by molar-refractivity contribution is -0.140. The molecule has 0 aromatic rings. The van der Waals surface area contributed by atoms with Gasteiger partial charge in [0.1, 0.15) is 6.29 Å². The molecular weight excluding hydrogens is 1760 g/mol. The summed E-state index contributed by atoms with van der Waals surface area (Å²) in [5.74, 6) is -20.0. The van der Waals surface area contributed by atoms with Gasteiger partial charge in [0.2, 0.25) is 47.3 Å². The highest BCUT2D eigenvalue weighted by molar-refractivity contribution is 5.88. The van der Waals surface area contributed by atoms with Gasteiger partial charge in [-0.05, 0) is 0 Å². The van der Waals surface area contributed by atoms with Crippen molar-refractivity contribution in [2.24, 2.45) is 5.41 Å². The van der Waals surface area contributed by atoms with Crippen molar-refractivity contribution in [2.45, 2.75) is 0 Å². The van der Waals surface area contributed by atoms with Gasteiger partial charge in [0.15, 0.2) is 0 Å². The first kappa shape index (κ1) is 113. The molecule has 0 aromatic carbocycles. The molecule has 4 heterocycles. The quantitative estimate of drug-likeness (QED) is 0.0252. The van der Waals surface area contributed by atoms with Gasteiger partial charge in [-0.1, -0.05) is 0 Å². The van der Waals surface area contributed by atoms with Gasteiger partial charge in [-0.2, -0.15) is 0 Å². The zero-order valence-corrected chi connectivity index (χ0v) is 74.4. The fourth-order valence-electron chi connectivity index (χ4n) is 14.6. The number of carbonyl (C=O) groups is 20. The van der Waals surface area contributed by atoms with E-state index in [4.69, 9.17) is 0 Å². The summed E-state index contributed by atoms with van der Waals surface area (Å²) in [6, 6.07) is 0. The van der Waals surface area contributed by atoms with Gasteiger partial charge in [-0.15, -0.1) is 0 Å². The van der Waals surface area contributed by atoms with E-state index in [9.17, 15) is 152 Å². The van der Waals surface area contributed by atoms with E-state index in [2.05, 4.69) is 42.5 Å². The van der Waals surface area contributed by atoms with Crippen LogP contribution in [0.4, 0.5) is 0 Å². The van der Waals surface area contributed by atoms with Gasteiger partial charge in [0, 0.05) is 241 Å². The maximum atomic E-state index is 14.3. The maximum Gasteiger partial charge on any atom is 0.317 e. The standard InChI is InChI=1S/C77H132N24O31/c102-34-33-86-1-3-91(43-66(111)112)13-5-87(6-14-92(4-2-86)44-67(113)114)39-62(107)78-35-58(103)82-54-77(55-83-59(104)36-79-63(108)40-88-7-15-93(45-68(115)116)21-27-99(51-74(127)128)28-22-94(16-8-88)46-69(117)118,56-84-60(105)37-80-64(109)41-89-9-17-95(47-70(119)120)23-29-100(52-75(129)130)30-24-96(18-10-89)48-71(121)122)57-85-61(106)38-81-65(110)42-90-11-19-97(49-72(123)124)25-31-101(53-76(131)132)32-26-98(20-12-90)50-73(125)126/h34H,1-33,35-57H2,(H,78,107)(H,79,108)(H,80,109)(H,81,110)(H,82,103)(H,83,104)(H,84,105)(H,85,106)(H,111,112)(H,113,114)(H,115,116)(H,117,118)(H,119,120)(H,121,122)(H,123,124)(H,125,126)(H,127,128)(H,129,130)(H,131,132). The van der Waals surface area contributed by atoms with Crippen LogP contribution in [0.3, 0.4) is 0 Å². The molecule has 0 radical (unpaired) electrons. The van der Waals surface area contributed by atoms with Crippen molar-refractivity contribution in [3.8, 4) is 0 Å². The summed E-state index contributed by atoms with van der Waals surface area (Å²) in [6.07, 6.45) is 0.668. The Morgan fingerprint density at radius 3 is 0.402 bits per heavy atom. The Hall–Kier alpha value is -11.0. The van der Waals surface area contributed by atoms with E-state index in [-0.39, 0.29) is 216 Å². The Morgan fingerprint density at radius 2 is 0.288 bits per heavy atom. The van der Waals surface area contributed by atoms with E-state index in [0.29, 0.717) is 6.29 Å². The highest BCUT2D eigenvalue weighted by Crippen LogP contribution is 2.15. The van der Waals surface area contributed by atoms with Crippen LogP contribution in [0.15, 0.2) is 0 Å². The predicted molar refractivity (Wildman–Crippen MR) is 460 cm³/mol. The van der Waals surface area contributed by atoms with E-state index in [1.807, 2.05) is 0 Å². The Bertz CT molecular complexity index is 3390. The fourth-order valence-corrected chi connectivity index (χ4v) is 14.6. The Kier molecular flexibility index (Phi) is 53.5. The molecule has 4 aliphatic heterocycles. The number of carbonyl (C=O) groups excluding carboxylic acids is 9. The molecule has 0 spiro atoms. The largest absolute Gasteiger partial charge is 0.480 e. The lowest BCUT2D eigenvalue weighted by Gasteiger charge is -2.35. The molecule has 0 aliphatic carbocycles. The van der Waals surface area contributed by atoms with Crippen molar-refractivity contribution in [1.82, 2.24) is 121 Å². The number of carboxylic acid groups (broad SMARTS) is 11. The summed E-state index contributed by atoms with van der Waals surface area (Å²) in [4.78, 5) is 281. The molecule has 132 heavy (non-hydrogen) atoms. The minimum atomic E-state index is -1.85. The molecule has 19 N–H and O–H groups in total. The number of carboxylic acids is 11. The minimum absolute atomic E-state index is 0.00586. The predicted octanol–water partition coefficient (Wildman–Crippen LogP) is -15.1. The molecule has 4 rings (SSSR count). The molecule has 4 saturated heterocycles. The zero-order valence-electron chi connectivity index (χ0n) is 74.4. The van der Waals surface area contributed by atoms with Crippen LogP contribution in [0.1, 0.15) is 0 Å². The Labute approximate surface area is 761 Å². The van der Waals surface area contributed by atoms with E-state index in [1.54, 1.807) is 34.3 Å². The monoisotopic (exact) mass is 1890 g/mol. The van der Waals surface area contributed by atoms with Crippen molar-refractivity contribution in [3.05, 3.63) is 0 Å². The Morgan fingerprint density at radius 1 is 0.174 bits per heavy atom. The molecule has 8 amide bonds. The smallest absolute Gasteiger partial charge is 0.317 e. The number of aldehydes is 1. The van der Waals surface area contributed by atoms with Gasteiger partial charge < -0.3 is 104 Å². The molecule has 55 heteroatoms. The van der Waals surface area contributed by atoms with Crippen molar-refractivity contribution in [3.63, 3.8) is 0 Å². The summed E-state index contributed by atoms with van der Waals surface area (Å²) >= 11 is 0. The normalized spacial score (nSPS) is 18.5. The topological polar surface area (TPSA) is 712 Å². The van der Waals surface area contributed by atoms with Crippen molar-refractivity contribution >= 4 is 119 Å². The Balaban J connectivity index is 1.74. The number of amides is 8. The van der Waals surface area contributed by atoms with Crippen molar-refractivity contribution in [1.29, 1.82) is 0 Å². The van der Waals surface area contributed by atoms with Crippen molar-refractivity contribution in [2.75, 3.05) is 367 Å². The third-order valence-electron chi connectivity index (χ3n) is 21.9. The second kappa shape index (κ2) is 62.4. The molecule has 0 aromatic heterocycles. The van der Waals surface area contributed by atoms with Gasteiger partial charge in [-0.3, -0.25) is 169 Å². The number of rotatable bonds is 48. The summed E-state index contributed by atoms with van der Waals surface area (Å²) in [6.45, 7) is -10.5. The van der Waals surface area contributed by atoms with Crippen LogP contribution in [0.5, 0.6) is 0 Å². The molecule has 4 aliphatic rings. The van der Waals surface area contributed by atoms with Crippen LogP contribution in [0.25, 0.3) is 0 Å². The van der Waals surface area contributed by atoms with E-state index >= 15 is 0 Å². The van der Waals surface area contributed by atoms with Crippen LogP contribution in [0, 0.1) is 5.41 Å². The average Bonchev–Trinajstić information content (AvgIpc) is 0.845. The van der Waals surface area contributed by atoms with Gasteiger partial charge in [0.05, 0.1) is 131 Å².